The van der Waals surface area contributed by atoms with Gasteiger partial charge in [-0.3, -0.25) is 0 Å². The second-order valence-corrected chi connectivity index (χ2v) is 4.04. The van der Waals surface area contributed by atoms with Crippen molar-refractivity contribution in [3.63, 3.8) is 0 Å². The van der Waals surface area contributed by atoms with Gasteiger partial charge in [-0.15, -0.1) is 0 Å². The summed E-state index contributed by atoms with van der Waals surface area (Å²) in [4.78, 5) is 4.35. The van der Waals surface area contributed by atoms with Crippen molar-refractivity contribution in [2.24, 2.45) is 5.73 Å². The van der Waals surface area contributed by atoms with E-state index in [9.17, 15) is 0 Å². The molecule has 0 aliphatic carbocycles. The quantitative estimate of drug-likeness (QED) is 0.803. The predicted molar refractivity (Wildman–Crippen MR) is 70.0 cm³/mol. The maximum Gasteiger partial charge on any atom is 0.221 e. The first-order valence-corrected chi connectivity index (χ1v) is 6.06. The molecule has 2 rings (SSSR count). The summed E-state index contributed by atoms with van der Waals surface area (Å²) in [5.41, 5.74) is 6.77. The van der Waals surface area contributed by atoms with Crippen LogP contribution >= 0.6 is 0 Å². The fourth-order valence-electron chi connectivity index (χ4n) is 1.82. The first-order valence-electron chi connectivity index (χ1n) is 6.06. The number of ether oxygens (including phenoxy) is 1. The van der Waals surface area contributed by atoms with E-state index >= 15 is 0 Å². The molecule has 0 aliphatic rings. The number of nitrogens with zero attached hydrogens (tertiary/aromatic N) is 1. The molecule has 0 saturated carbocycles. The third-order valence-corrected chi connectivity index (χ3v) is 2.80. The minimum Gasteiger partial charge on any atom is -0.477 e. The molecule has 0 atom stereocenters. The smallest absolute Gasteiger partial charge is 0.221 e. The molecular formula is C14H18N2O. The highest BCUT2D eigenvalue weighted by atomic mass is 16.5. The number of hydrogen-bond donors (Lipinski definition) is 1. The zero-order valence-corrected chi connectivity index (χ0v) is 10.1. The summed E-state index contributed by atoms with van der Waals surface area (Å²) in [6.07, 6.45) is 3.98. The monoisotopic (exact) mass is 230 g/mol. The molecule has 0 fully saturated rings. The van der Waals surface area contributed by atoms with E-state index in [1.54, 1.807) is 0 Å². The lowest BCUT2D eigenvalue weighted by atomic mass is 10.1. The number of hydrogen-bond acceptors (Lipinski definition) is 3. The minimum absolute atomic E-state index is 0.503. The van der Waals surface area contributed by atoms with E-state index < -0.39 is 0 Å². The van der Waals surface area contributed by atoms with Crippen molar-refractivity contribution in [1.82, 2.24) is 4.98 Å². The van der Waals surface area contributed by atoms with Crippen molar-refractivity contribution in [3.05, 3.63) is 36.0 Å². The van der Waals surface area contributed by atoms with Crippen LogP contribution in [0.2, 0.25) is 0 Å². The Bertz CT molecular complexity index is 497. The van der Waals surface area contributed by atoms with E-state index in [1.807, 2.05) is 24.4 Å². The number of aromatic nitrogens is 1. The van der Waals surface area contributed by atoms with Gasteiger partial charge in [0.25, 0.3) is 0 Å². The number of nitrogens with two attached hydrogens (primary N) is 1. The van der Waals surface area contributed by atoms with Crippen LogP contribution in [-0.2, 0) is 6.54 Å². The van der Waals surface area contributed by atoms with E-state index in [2.05, 4.69) is 18.0 Å². The van der Waals surface area contributed by atoms with Crippen LogP contribution in [0.1, 0.15) is 25.3 Å². The third-order valence-electron chi connectivity index (χ3n) is 2.80. The van der Waals surface area contributed by atoms with Crippen LogP contribution in [0.4, 0.5) is 0 Å². The molecule has 0 radical (unpaired) electrons. The molecule has 17 heavy (non-hydrogen) atoms. The van der Waals surface area contributed by atoms with Crippen LogP contribution in [0.15, 0.2) is 30.5 Å². The minimum atomic E-state index is 0.503. The molecule has 0 bridgehead atoms. The lowest BCUT2D eigenvalue weighted by Gasteiger charge is -2.10. The number of rotatable bonds is 5. The topological polar surface area (TPSA) is 48.1 Å². The number of fused-ring (bicyclic) bond motifs is 1. The Labute approximate surface area is 102 Å². The molecule has 3 nitrogen and oxygen atoms in total. The second-order valence-electron chi connectivity index (χ2n) is 4.04. The molecule has 0 aliphatic heterocycles. The van der Waals surface area contributed by atoms with Gasteiger partial charge in [-0.05, 0) is 23.4 Å². The Balaban J connectivity index is 2.37. The Kier molecular flexibility index (Phi) is 3.94. The molecule has 1 aromatic carbocycles. The molecular weight excluding hydrogens is 212 g/mol. The molecule has 1 aromatic heterocycles. The van der Waals surface area contributed by atoms with Gasteiger partial charge in [0.1, 0.15) is 0 Å². The highest BCUT2D eigenvalue weighted by Gasteiger charge is 2.06. The van der Waals surface area contributed by atoms with Gasteiger partial charge in [0.2, 0.25) is 5.88 Å². The lowest BCUT2D eigenvalue weighted by Crippen LogP contribution is -2.02. The van der Waals surface area contributed by atoms with E-state index in [-0.39, 0.29) is 0 Å². The Morgan fingerprint density at radius 1 is 1.24 bits per heavy atom. The molecule has 2 aromatic rings. The normalized spacial score (nSPS) is 10.7. The molecule has 90 valence electrons. The van der Waals surface area contributed by atoms with Gasteiger partial charge < -0.3 is 10.5 Å². The van der Waals surface area contributed by atoms with Gasteiger partial charge in [-0.1, -0.05) is 31.5 Å². The van der Waals surface area contributed by atoms with Crippen molar-refractivity contribution in [2.75, 3.05) is 6.61 Å². The van der Waals surface area contributed by atoms with Crippen LogP contribution in [0, 0.1) is 0 Å². The van der Waals surface area contributed by atoms with Crippen molar-refractivity contribution < 1.29 is 4.74 Å². The van der Waals surface area contributed by atoms with Crippen molar-refractivity contribution in [2.45, 2.75) is 26.3 Å². The number of pyridine rings is 1. The van der Waals surface area contributed by atoms with Gasteiger partial charge in [-0.25, -0.2) is 4.98 Å². The summed E-state index contributed by atoms with van der Waals surface area (Å²) < 4.78 is 5.71. The number of benzene rings is 1. The molecule has 3 heteroatoms. The first-order chi connectivity index (χ1) is 8.36. The average molecular weight is 230 g/mol. The zero-order chi connectivity index (χ0) is 12.1. The van der Waals surface area contributed by atoms with E-state index in [4.69, 9.17) is 10.5 Å². The predicted octanol–water partition coefficient (Wildman–Crippen LogP) is 2.87. The van der Waals surface area contributed by atoms with E-state index in [1.165, 1.54) is 0 Å². The Hall–Kier alpha value is -1.61. The maximum absolute atomic E-state index is 5.71. The second kappa shape index (κ2) is 5.64. The first kappa shape index (κ1) is 11.9. The largest absolute Gasteiger partial charge is 0.477 e. The molecule has 0 spiro atoms. The summed E-state index contributed by atoms with van der Waals surface area (Å²) in [6, 6.07) is 8.10. The fourth-order valence-corrected chi connectivity index (χ4v) is 1.82. The summed E-state index contributed by atoms with van der Waals surface area (Å²) in [5, 5.41) is 2.18. The van der Waals surface area contributed by atoms with Gasteiger partial charge in [0, 0.05) is 18.1 Å². The summed E-state index contributed by atoms with van der Waals surface area (Å²) in [7, 11) is 0. The molecule has 0 unspecified atom stereocenters. The molecule has 0 amide bonds. The third kappa shape index (κ3) is 2.56. The SMILES string of the molecule is CCCCOc1ncc(CN)c2ccccc12. The molecule has 0 saturated heterocycles. The van der Waals surface area contributed by atoms with Crippen molar-refractivity contribution >= 4 is 10.8 Å². The van der Waals surface area contributed by atoms with Gasteiger partial charge in [-0.2, -0.15) is 0 Å². The van der Waals surface area contributed by atoms with Crippen LogP contribution in [-0.4, -0.2) is 11.6 Å². The van der Waals surface area contributed by atoms with Gasteiger partial charge in [0.15, 0.2) is 0 Å². The van der Waals surface area contributed by atoms with Crippen LogP contribution in [0.5, 0.6) is 5.88 Å². The number of unbranched alkanes of at least 4 members (excludes halogenated alkanes) is 1. The standard InChI is InChI=1S/C14H18N2O/c1-2-3-8-17-14-13-7-5-4-6-12(13)11(9-15)10-16-14/h4-7,10H,2-3,8-9,15H2,1H3. The van der Waals surface area contributed by atoms with Crippen LogP contribution in [0.3, 0.4) is 0 Å². The van der Waals surface area contributed by atoms with Crippen LogP contribution in [0.25, 0.3) is 10.8 Å². The maximum atomic E-state index is 5.71. The average Bonchev–Trinajstić information content (AvgIpc) is 2.39. The summed E-state index contributed by atoms with van der Waals surface area (Å²) in [6.45, 7) is 3.37. The van der Waals surface area contributed by atoms with Crippen molar-refractivity contribution in [1.29, 1.82) is 0 Å². The highest BCUT2D eigenvalue weighted by molar-refractivity contribution is 5.89. The Morgan fingerprint density at radius 2 is 2.00 bits per heavy atom. The van der Waals surface area contributed by atoms with E-state index in [0.717, 1.165) is 35.8 Å². The molecule has 1 heterocycles. The van der Waals surface area contributed by atoms with Gasteiger partial charge in [0.05, 0.1) is 6.61 Å². The highest BCUT2D eigenvalue weighted by Crippen LogP contribution is 2.25. The summed E-state index contributed by atoms with van der Waals surface area (Å²) in [5.74, 6) is 0.714. The Morgan fingerprint density at radius 3 is 2.71 bits per heavy atom. The lowest BCUT2D eigenvalue weighted by molar-refractivity contribution is 0.301. The van der Waals surface area contributed by atoms with Gasteiger partial charge >= 0.3 is 0 Å². The van der Waals surface area contributed by atoms with Crippen LogP contribution < -0.4 is 10.5 Å². The summed E-state index contributed by atoms with van der Waals surface area (Å²) >= 11 is 0. The van der Waals surface area contributed by atoms with E-state index in [0.29, 0.717) is 12.4 Å². The molecule has 2 N–H and O–H groups in total. The fraction of sp³-hybridized carbons (Fsp3) is 0.357. The zero-order valence-electron chi connectivity index (χ0n) is 10.1. The van der Waals surface area contributed by atoms with Crippen molar-refractivity contribution in [3.8, 4) is 5.88 Å².